The topological polar surface area (TPSA) is 42.7 Å². The minimum Gasteiger partial charge on any atom is -0.374 e. The zero-order valence-electron chi connectivity index (χ0n) is 9.89. The van der Waals surface area contributed by atoms with E-state index in [0.717, 1.165) is 17.8 Å². The van der Waals surface area contributed by atoms with E-state index < -0.39 is 0 Å². The fraction of sp³-hybridized carbons (Fsp3) is 0.333. The third kappa shape index (κ3) is 2.81. The highest BCUT2D eigenvalue weighted by Crippen LogP contribution is 2.20. The molecule has 5 heteroatoms. The Balaban J connectivity index is 2.13. The fourth-order valence-corrected chi connectivity index (χ4v) is 1.68. The van der Waals surface area contributed by atoms with Crippen molar-refractivity contribution >= 4 is 5.69 Å². The Morgan fingerprint density at radius 3 is 2.76 bits per heavy atom. The first kappa shape index (κ1) is 11.6. The minimum absolute atomic E-state index is 0.0693. The number of nitrogens with one attached hydrogen (secondary N) is 1. The van der Waals surface area contributed by atoms with Crippen LogP contribution in [0.3, 0.4) is 0 Å². The largest absolute Gasteiger partial charge is 0.374 e. The Hall–Kier alpha value is -1.91. The molecule has 0 spiro atoms. The number of rotatable bonds is 4. The van der Waals surface area contributed by atoms with Crippen molar-refractivity contribution in [3.63, 3.8) is 0 Å². The number of aromatic nitrogens is 3. The van der Waals surface area contributed by atoms with Crippen molar-refractivity contribution in [3.05, 3.63) is 42.2 Å². The van der Waals surface area contributed by atoms with E-state index in [4.69, 9.17) is 0 Å². The molecule has 17 heavy (non-hydrogen) atoms. The summed E-state index contributed by atoms with van der Waals surface area (Å²) in [5, 5.41) is 7.40. The molecule has 0 amide bonds. The molecular weight excluding hydrogens is 219 g/mol. The Morgan fingerprint density at radius 1 is 1.41 bits per heavy atom. The third-order valence-corrected chi connectivity index (χ3v) is 2.56. The highest BCUT2D eigenvalue weighted by Gasteiger charge is 2.11. The maximum Gasteiger partial charge on any atom is 0.141 e. The minimum atomic E-state index is -0.315. The smallest absolute Gasteiger partial charge is 0.141 e. The lowest BCUT2D eigenvalue weighted by molar-refractivity contribution is 0.614. The molecular formula is C12H15FN4. The van der Waals surface area contributed by atoms with Crippen LogP contribution in [0.25, 0.3) is 0 Å². The van der Waals surface area contributed by atoms with Gasteiger partial charge in [-0.1, -0.05) is 6.92 Å². The molecule has 4 nitrogen and oxygen atoms in total. The zero-order chi connectivity index (χ0) is 12.3. The van der Waals surface area contributed by atoms with E-state index in [1.165, 1.54) is 12.3 Å². The van der Waals surface area contributed by atoms with Crippen molar-refractivity contribution in [1.82, 2.24) is 14.8 Å². The second-order valence-electron chi connectivity index (χ2n) is 3.91. The third-order valence-electron chi connectivity index (χ3n) is 2.56. The number of anilines is 1. The van der Waals surface area contributed by atoms with Gasteiger partial charge in [0, 0.05) is 13.2 Å². The monoisotopic (exact) mass is 234 g/mol. The normalized spacial score (nSPS) is 12.4. The first-order valence-electron chi connectivity index (χ1n) is 5.55. The number of halogens is 1. The molecule has 0 aromatic carbocycles. The molecule has 2 aromatic rings. The van der Waals surface area contributed by atoms with Crippen LogP contribution >= 0.6 is 0 Å². The SMILES string of the molecule is CCC(Nc1cnn(C)c1)c1ccc(F)cn1. The van der Waals surface area contributed by atoms with E-state index in [2.05, 4.69) is 22.3 Å². The van der Waals surface area contributed by atoms with Crippen LogP contribution in [-0.2, 0) is 7.05 Å². The molecule has 0 saturated heterocycles. The molecule has 0 fully saturated rings. The van der Waals surface area contributed by atoms with Gasteiger partial charge in [-0.3, -0.25) is 9.67 Å². The van der Waals surface area contributed by atoms with Crippen LogP contribution in [0, 0.1) is 5.82 Å². The Labute approximate surface area is 99.5 Å². The number of hydrogen-bond donors (Lipinski definition) is 1. The van der Waals surface area contributed by atoms with Gasteiger partial charge in [0.2, 0.25) is 0 Å². The van der Waals surface area contributed by atoms with Crippen molar-refractivity contribution in [2.24, 2.45) is 7.05 Å². The number of aryl methyl sites for hydroxylation is 1. The summed E-state index contributed by atoms with van der Waals surface area (Å²) in [6, 6.07) is 3.20. The van der Waals surface area contributed by atoms with Gasteiger partial charge in [0.1, 0.15) is 5.82 Å². The van der Waals surface area contributed by atoms with Gasteiger partial charge in [0.15, 0.2) is 0 Å². The lowest BCUT2D eigenvalue weighted by Gasteiger charge is -2.16. The molecule has 1 N–H and O–H groups in total. The molecule has 1 atom stereocenters. The van der Waals surface area contributed by atoms with Gasteiger partial charge < -0.3 is 5.32 Å². The summed E-state index contributed by atoms with van der Waals surface area (Å²) in [5.74, 6) is -0.315. The second kappa shape index (κ2) is 4.95. The van der Waals surface area contributed by atoms with Crippen molar-refractivity contribution < 1.29 is 4.39 Å². The summed E-state index contributed by atoms with van der Waals surface area (Å²) in [6.45, 7) is 2.05. The van der Waals surface area contributed by atoms with Crippen molar-refractivity contribution in [3.8, 4) is 0 Å². The number of nitrogens with zero attached hydrogens (tertiary/aromatic N) is 3. The maximum absolute atomic E-state index is 12.8. The van der Waals surface area contributed by atoms with Crippen LogP contribution in [0.2, 0.25) is 0 Å². The van der Waals surface area contributed by atoms with Crippen LogP contribution in [0.5, 0.6) is 0 Å². The molecule has 90 valence electrons. The zero-order valence-corrected chi connectivity index (χ0v) is 9.89. The molecule has 0 aliphatic carbocycles. The van der Waals surface area contributed by atoms with Crippen molar-refractivity contribution in [2.75, 3.05) is 5.32 Å². The molecule has 0 bridgehead atoms. The van der Waals surface area contributed by atoms with Gasteiger partial charge in [-0.25, -0.2) is 4.39 Å². The average molecular weight is 234 g/mol. The van der Waals surface area contributed by atoms with Crippen LogP contribution in [-0.4, -0.2) is 14.8 Å². The van der Waals surface area contributed by atoms with E-state index in [-0.39, 0.29) is 11.9 Å². The molecule has 0 aliphatic heterocycles. The van der Waals surface area contributed by atoms with Gasteiger partial charge in [-0.15, -0.1) is 0 Å². The summed E-state index contributed by atoms with van der Waals surface area (Å²) in [7, 11) is 1.86. The number of pyridine rings is 1. The standard InChI is InChI=1S/C12H15FN4/c1-3-11(12-5-4-9(13)6-14-12)16-10-7-15-17(2)8-10/h4-8,11,16H,3H2,1-2H3. The Kier molecular flexibility index (Phi) is 3.37. The highest BCUT2D eigenvalue weighted by atomic mass is 19.1. The summed E-state index contributed by atoms with van der Waals surface area (Å²) in [4.78, 5) is 4.09. The van der Waals surface area contributed by atoms with Crippen LogP contribution in [0.4, 0.5) is 10.1 Å². The second-order valence-corrected chi connectivity index (χ2v) is 3.91. The average Bonchev–Trinajstić information content (AvgIpc) is 2.73. The summed E-state index contributed by atoms with van der Waals surface area (Å²) in [6.07, 6.45) is 5.76. The maximum atomic E-state index is 12.8. The lowest BCUT2D eigenvalue weighted by atomic mass is 10.1. The van der Waals surface area contributed by atoms with E-state index in [0.29, 0.717) is 0 Å². The van der Waals surface area contributed by atoms with Crippen molar-refractivity contribution in [2.45, 2.75) is 19.4 Å². The molecule has 2 aromatic heterocycles. The summed E-state index contributed by atoms with van der Waals surface area (Å²) >= 11 is 0. The molecule has 0 aliphatic rings. The Morgan fingerprint density at radius 2 is 2.24 bits per heavy atom. The first-order valence-corrected chi connectivity index (χ1v) is 5.55. The molecule has 0 saturated carbocycles. The number of hydrogen-bond acceptors (Lipinski definition) is 3. The van der Waals surface area contributed by atoms with Gasteiger partial charge in [-0.2, -0.15) is 5.10 Å². The van der Waals surface area contributed by atoms with Gasteiger partial charge in [0.25, 0.3) is 0 Å². The van der Waals surface area contributed by atoms with Crippen LogP contribution < -0.4 is 5.32 Å². The first-order chi connectivity index (χ1) is 8.19. The quantitative estimate of drug-likeness (QED) is 0.883. The molecule has 2 rings (SSSR count). The molecule has 1 unspecified atom stereocenters. The summed E-state index contributed by atoms with van der Waals surface area (Å²) in [5.41, 5.74) is 1.77. The van der Waals surface area contributed by atoms with Gasteiger partial charge in [-0.05, 0) is 18.6 Å². The van der Waals surface area contributed by atoms with Gasteiger partial charge in [0.05, 0.1) is 29.8 Å². The Bertz CT molecular complexity index is 478. The molecule has 0 radical (unpaired) electrons. The van der Waals surface area contributed by atoms with E-state index in [9.17, 15) is 4.39 Å². The van der Waals surface area contributed by atoms with Crippen molar-refractivity contribution in [1.29, 1.82) is 0 Å². The van der Waals surface area contributed by atoms with E-state index in [1.54, 1.807) is 16.9 Å². The van der Waals surface area contributed by atoms with Gasteiger partial charge >= 0.3 is 0 Å². The predicted octanol–water partition coefficient (Wildman–Crippen LogP) is 2.52. The fourth-order valence-electron chi connectivity index (χ4n) is 1.68. The van der Waals surface area contributed by atoms with Crippen LogP contribution in [0.1, 0.15) is 25.1 Å². The van der Waals surface area contributed by atoms with Crippen LogP contribution in [0.15, 0.2) is 30.7 Å². The predicted molar refractivity (Wildman–Crippen MR) is 64.1 cm³/mol. The van der Waals surface area contributed by atoms with E-state index in [1.807, 2.05) is 13.2 Å². The van der Waals surface area contributed by atoms with E-state index >= 15 is 0 Å². The lowest BCUT2D eigenvalue weighted by Crippen LogP contribution is -2.11. The molecule has 2 heterocycles. The highest BCUT2D eigenvalue weighted by molar-refractivity contribution is 5.40. The summed E-state index contributed by atoms with van der Waals surface area (Å²) < 4.78 is 14.5.